The summed E-state index contributed by atoms with van der Waals surface area (Å²) in [6.45, 7) is 2.67. The lowest BCUT2D eigenvalue weighted by Gasteiger charge is -2.11. The molecular weight excluding hydrogens is 208 g/mol. The number of cyclic esters (lactones) is 2. The Labute approximate surface area is 94.1 Å². The highest BCUT2D eigenvalue weighted by Crippen LogP contribution is 2.15. The van der Waals surface area contributed by atoms with Crippen molar-refractivity contribution in [1.82, 2.24) is 0 Å². The van der Waals surface area contributed by atoms with E-state index in [0.29, 0.717) is 13.2 Å². The van der Waals surface area contributed by atoms with Crippen molar-refractivity contribution in [2.24, 2.45) is 0 Å². The molecule has 0 spiro atoms. The number of carbonyl (C=O) groups excluding carboxylic acids is 1. The van der Waals surface area contributed by atoms with Crippen molar-refractivity contribution in [2.45, 2.75) is 25.7 Å². The van der Waals surface area contributed by atoms with Gasteiger partial charge in [-0.25, -0.2) is 4.79 Å². The summed E-state index contributed by atoms with van der Waals surface area (Å²) < 4.78 is 15.2. The lowest BCUT2D eigenvalue weighted by molar-refractivity contribution is 0.0265. The first kappa shape index (κ1) is 11.0. The molecule has 4 heteroatoms. The summed E-state index contributed by atoms with van der Waals surface area (Å²) in [6, 6.07) is 9.85. The van der Waals surface area contributed by atoms with Crippen LogP contribution in [0.15, 0.2) is 30.3 Å². The molecule has 0 N–H and O–H groups in total. The molecule has 0 aliphatic carbocycles. The van der Waals surface area contributed by atoms with Gasteiger partial charge in [0, 0.05) is 0 Å². The summed E-state index contributed by atoms with van der Waals surface area (Å²) in [5, 5.41) is 0. The van der Waals surface area contributed by atoms with Crippen molar-refractivity contribution >= 4 is 6.16 Å². The Bertz CT molecular complexity index is 349. The molecule has 1 aliphatic rings. The predicted octanol–water partition coefficient (Wildman–Crippen LogP) is 2.13. The van der Waals surface area contributed by atoms with E-state index in [1.54, 1.807) is 6.92 Å². The van der Waals surface area contributed by atoms with E-state index in [1.165, 1.54) is 0 Å². The molecule has 1 heterocycles. The van der Waals surface area contributed by atoms with Crippen LogP contribution in [0.4, 0.5) is 4.79 Å². The van der Waals surface area contributed by atoms with Crippen LogP contribution in [0.1, 0.15) is 12.5 Å². The second-order valence-electron chi connectivity index (χ2n) is 3.73. The van der Waals surface area contributed by atoms with Crippen LogP contribution < -0.4 is 0 Å². The zero-order valence-electron chi connectivity index (χ0n) is 9.09. The molecule has 1 aliphatic heterocycles. The highest BCUT2D eigenvalue weighted by atomic mass is 16.8. The smallest absolute Gasteiger partial charge is 0.427 e. The minimum atomic E-state index is -0.610. The van der Waals surface area contributed by atoms with Gasteiger partial charge >= 0.3 is 6.16 Å². The molecule has 0 aromatic heterocycles. The highest BCUT2D eigenvalue weighted by Gasteiger charge is 2.33. The fraction of sp³-hybridized carbons (Fsp3) is 0.417. The van der Waals surface area contributed by atoms with Gasteiger partial charge in [0.05, 0.1) is 13.2 Å². The van der Waals surface area contributed by atoms with E-state index in [1.807, 2.05) is 30.3 Å². The molecule has 1 fully saturated rings. The molecule has 2 rings (SSSR count). The van der Waals surface area contributed by atoms with Crippen molar-refractivity contribution < 1.29 is 19.0 Å². The van der Waals surface area contributed by atoms with E-state index < -0.39 is 6.16 Å². The topological polar surface area (TPSA) is 44.8 Å². The highest BCUT2D eigenvalue weighted by molar-refractivity contribution is 5.62. The van der Waals surface area contributed by atoms with Gasteiger partial charge in [0.15, 0.2) is 6.10 Å². The Balaban J connectivity index is 1.74. The molecule has 16 heavy (non-hydrogen) atoms. The Morgan fingerprint density at radius 1 is 1.25 bits per heavy atom. The van der Waals surface area contributed by atoms with Crippen LogP contribution in [-0.4, -0.2) is 25.0 Å². The maximum atomic E-state index is 10.8. The molecule has 0 radical (unpaired) electrons. The van der Waals surface area contributed by atoms with Gasteiger partial charge in [-0.15, -0.1) is 0 Å². The molecule has 2 atom stereocenters. The van der Waals surface area contributed by atoms with Crippen LogP contribution in [0.2, 0.25) is 0 Å². The third-order valence-corrected chi connectivity index (χ3v) is 2.45. The first-order valence-corrected chi connectivity index (χ1v) is 5.24. The normalized spacial score (nSPS) is 23.9. The number of benzene rings is 1. The maximum absolute atomic E-state index is 10.8. The lowest BCUT2D eigenvalue weighted by atomic mass is 10.2. The van der Waals surface area contributed by atoms with Gasteiger partial charge in [0.1, 0.15) is 6.10 Å². The molecule has 0 unspecified atom stereocenters. The monoisotopic (exact) mass is 222 g/mol. The number of ether oxygens (including phenoxy) is 3. The van der Waals surface area contributed by atoms with Gasteiger partial charge in [-0.2, -0.15) is 0 Å². The van der Waals surface area contributed by atoms with Gasteiger partial charge in [0.2, 0.25) is 0 Å². The largest absolute Gasteiger partial charge is 0.509 e. The van der Waals surface area contributed by atoms with Crippen molar-refractivity contribution in [3.8, 4) is 0 Å². The van der Waals surface area contributed by atoms with Crippen LogP contribution in [0, 0.1) is 0 Å². The molecule has 1 aromatic rings. The third kappa shape index (κ3) is 2.73. The minimum Gasteiger partial charge on any atom is -0.427 e. The molecule has 0 bridgehead atoms. The first-order chi connectivity index (χ1) is 7.75. The first-order valence-electron chi connectivity index (χ1n) is 5.24. The van der Waals surface area contributed by atoms with Gasteiger partial charge in [0.25, 0.3) is 0 Å². The Morgan fingerprint density at radius 3 is 2.62 bits per heavy atom. The van der Waals surface area contributed by atoms with Crippen LogP contribution >= 0.6 is 0 Å². The Hall–Kier alpha value is -1.55. The van der Waals surface area contributed by atoms with E-state index in [0.717, 1.165) is 5.56 Å². The minimum absolute atomic E-state index is 0.233. The fourth-order valence-electron chi connectivity index (χ4n) is 1.51. The molecular formula is C12H14O4. The number of hydrogen-bond acceptors (Lipinski definition) is 4. The number of carbonyl (C=O) groups is 1. The summed E-state index contributed by atoms with van der Waals surface area (Å²) in [6.07, 6.45) is -1.14. The summed E-state index contributed by atoms with van der Waals surface area (Å²) >= 11 is 0. The van der Waals surface area contributed by atoms with Gasteiger partial charge in [-0.3, -0.25) is 0 Å². The third-order valence-electron chi connectivity index (χ3n) is 2.45. The van der Waals surface area contributed by atoms with Crippen molar-refractivity contribution in [3.63, 3.8) is 0 Å². The lowest BCUT2D eigenvalue weighted by Crippen LogP contribution is -2.24. The van der Waals surface area contributed by atoms with E-state index in [2.05, 4.69) is 0 Å². The van der Waals surface area contributed by atoms with Crippen LogP contribution in [0.5, 0.6) is 0 Å². The second-order valence-corrected chi connectivity index (χ2v) is 3.73. The van der Waals surface area contributed by atoms with Crippen molar-refractivity contribution in [3.05, 3.63) is 35.9 Å². The SMILES string of the molecule is C[C@H]1OC(=O)O[C@@H]1COCc1ccccc1. The summed E-state index contributed by atoms with van der Waals surface area (Å²) in [4.78, 5) is 10.8. The molecule has 0 saturated carbocycles. The van der Waals surface area contributed by atoms with Crippen molar-refractivity contribution in [1.29, 1.82) is 0 Å². The summed E-state index contributed by atoms with van der Waals surface area (Å²) in [5.41, 5.74) is 1.10. The maximum Gasteiger partial charge on any atom is 0.509 e. The van der Waals surface area contributed by atoms with Gasteiger partial charge < -0.3 is 14.2 Å². The van der Waals surface area contributed by atoms with Crippen LogP contribution in [0.3, 0.4) is 0 Å². The molecule has 1 saturated heterocycles. The molecule has 0 amide bonds. The van der Waals surface area contributed by atoms with Crippen molar-refractivity contribution in [2.75, 3.05) is 6.61 Å². The molecule has 86 valence electrons. The average Bonchev–Trinajstić information content (AvgIpc) is 2.59. The predicted molar refractivity (Wildman–Crippen MR) is 56.9 cm³/mol. The number of hydrogen-bond donors (Lipinski definition) is 0. The van der Waals surface area contributed by atoms with Crippen LogP contribution in [0.25, 0.3) is 0 Å². The summed E-state index contributed by atoms with van der Waals surface area (Å²) in [5.74, 6) is 0. The summed E-state index contributed by atoms with van der Waals surface area (Å²) in [7, 11) is 0. The fourth-order valence-corrected chi connectivity index (χ4v) is 1.51. The quantitative estimate of drug-likeness (QED) is 0.732. The van der Waals surface area contributed by atoms with E-state index in [-0.39, 0.29) is 12.2 Å². The van der Waals surface area contributed by atoms with E-state index >= 15 is 0 Å². The average molecular weight is 222 g/mol. The molecule has 4 nitrogen and oxygen atoms in total. The Kier molecular flexibility index (Phi) is 3.41. The zero-order chi connectivity index (χ0) is 11.4. The second kappa shape index (κ2) is 4.99. The van der Waals surface area contributed by atoms with Gasteiger partial charge in [-0.05, 0) is 12.5 Å². The van der Waals surface area contributed by atoms with E-state index in [9.17, 15) is 4.79 Å². The van der Waals surface area contributed by atoms with E-state index in [4.69, 9.17) is 14.2 Å². The standard InChI is InChI=1S/C12H14O4/c1-9-11(16-12(13)15-9)8-14-7-10-5-3-2-4-6-10/h2-6,9,11H,7-8H2,1H3/t9-,11-/m1/s1. The van der Waals surface area contributed by atoms with Crippen LogP contribution in [-0.2, 0) is 20.8 Å². The van der Waals surface area contributed by atoms with Gasteiger partial charge in [-0.1, -0.05) is 30.3 Å². The number of rotatable bonds is 4. The zero-order valence-corrected chi connectivity index (χ0v) is 9.09. The Morgan fingerprint density at radius 2 is 2.00 bits per heavy atom. The molecule has 1 aromatic carbocycles.